The van der Waals surface area contributed by atoms with Gasteiger partial charge in [0.1, 0.15) is 0 Å². The molecule has 1 amide bonds. The van der Waals surface area contributed by atoms with Crippen LogP contribution in [0, 0.1) is 0 Å². The van der Waals surface area contributed by atoms with E-state index in [-0.39, 0.29) is 5.57 Å². The van der Waals surface area contributed by atoms with Crippen molar-refractivity contribution in [1.82, 2.24) is 5.32 Å². The summed E-state index contributed by atoms with van der Waals surface area (Å²) in [7, 11) is 0. The number of rotatable bonds is 3. The van der Waals surface area contributed by atoms with E-state index in [1.54, 1.807) is 0 Å². The highest BCUT2D eigenvalue weighted by atomic mass is 19.4. The van der Waals surface area contributed by atoms with Gasteiger partial charge in [-0.05, 0) is 6.92 Å². The third-order valence-electron chi connectivity index (χ3n) is 1.09. The number of alkyl halides is 4. The van der Waals surface area contributed by atoms with E-state index in [4.69, 9.17) is 0 Å². The molecule has 1 atom stereocenters. The van der Waals surface area contributed by atoms with Crippen molar-refractivity contribution < 1.29 is 22.4 Å². The molecule has 2 nitrogen and oxygen atoms in total. The van der Waals surface area contributed by atoms with E-state index in [2.05, 4.69) is 6.58 Å². The van der Waals surface area contributed by atoms with Gasteiger partial charge in [0.15, 0.2) is 6.30 Å². The van der Waals surface area contributed by atoms with Crippen molar-refractivity contribution in [1.29, 1.82) is 0 Å². The lowest BCUT2D eigenvalue weighted by molar-refractivity contribution is -0.150. The van der Waals surface area contributed by atoms with Crippen molar-refractivity contribution in [3.8, 4) is 0 Å². The molecule has 0 aliphatic carbocycles. The molecule has 0 aromatic heterocycles. The number of hydrogen-bond donors (Lipinski definition) is 1. The van der Waals surface area contributed by atoms with Crippen molar-refractivity contribution in [3.63, 3.8) is 0 Å². The van der Waals surface area contributed by atoms with Crippen molar-refractivity contribution in [2.45, 2.75) is 25.8 Å². The summed E-state index contributed by atoms with van der Waals surface area (Å²) in [6.07, 6.45) is -8.72. The Morgan fingerprint density at radius 3 is 2.31 bits per heavy atom. The first-order chi connectivity index (χ1) is 5.72. The van der Waals surface area contributed by atoms with Crippen molar-refractivity contribution >= 4 is 5.91 Å². The predicted octanol–water partition coefficient (Wildman–Crippen LogP) is 1.93. The van der Waals surface area contributed by atoms with Gasteiger partial charge < -0.3 is 5.32 Å². The SMILES string of the molecule is C=C(C)C(=O)NC(F)CC(F)(F)F. The molecular weight excluding hydrogens is 190 g/mol. The van der Waals surface area contributed by atoms with Gasteiger partial charge in [-0.3, -0.25) is 4.79 Å². The average Bonchev–Trinajstić information content (AvgIpc) is 1.81. The first kappa shape index (κ1) is 11.9. The molecule has 0 saturated heterocycles. The molecule has 0 radical (unpaired) electrons. The molecule has 0 bridgehead atoms. The normalized spacial score (nSPS) is 13.6. The van der Waals surface area contributed by atoms with Crippen LogP contribution in [0.25, 0.3) is 0 Å². The molecule has 1 N–H and O–H groups in total. The number of halogens is 4. The maximum atomic E-state index is 12.4. The van der Waals surface area contributed by atoms with Crippen molar-refractivity contribution in [2.24, 2.45) is 0 Å². The standard InChI is InChI=1S/C7H9F4NO/c1-4(2)6(13)12-5(8)3-7(9,10)11/h5H,1,3H2,2H3,(H,12,13). The van der Waals surface area contributed by atoms with E-state index in [0.29, 0.717) is 0 Å². The topological polar surface area (TPSA) is 29.1 Å². The first-order valence-electron chi connectivity index (χ1n) is 3.39. The second-order valence-electron chi connectivity index (χ2n) is 2.54. The van der Waals surface area contributed by atoms with Crippen LogP contribution in [0.15, 0.2) is 12.2 Å². The monoisotopic (exact) mass is 199 g/mol. The van der Waals surface area contributed by atoms with Crippen LogP contribution in [0.2, 0.25) is 0 Å². The van der Waals surface area contributed by atoms with Gasteiger partial charge >= 0.3 is 6.18 Å². The van der Waals surface area contributed by atoms with E-state index in [0.717, 1.165) is 0 Å². The average molecular weight is 199 g/mol. The van der Waals surface area contributed by atoms with Gasteiger partial charge in [-0.2, -0.15) is 13.2 Å². The lowest BCUT2D eigenvalue weighted by Gasteiger charge is -2.12. The van der Waals surface area contributed by atoms with Gasteiger partial charge in [-0.25, -0.2) is 4.39 Å². The minimum Gasteiger partial charge on any atom is -0.322 e. The Hall–Kier alpha value is -1.07. The van der Waals surface area contributed by atoms with Gasteiger partial charge in [0, 0.05) is 5.57 Å². The van der Waals surface area contributed by atoms with Crippen LogP contribution in [0.5, 0.6) is 0 Å². The minimum atomic E-state index is -4.62. The number of nitrogens with one attached hydrogen (secondary N) is 1. The van der Waals surface area contributed by atoms with E-state index in [1.807, 2.05) is 0 Å². The molecule has 0 spiro atoms. The molecule has 0 fully saturated rings. The number of carbonyl (C=O) groups is 1. The third kappa shape index (κ3) is 6.12. The summed E-state index contributed by atoms with van der Waals surface area (Å²) in [6.45, 7) is 4.42. The highest BCUT2D eigenvalue weighted by Crippen LogP contribution is 2.21. The Labute approximate surface area is 72.6 Å². The summed E-state index contributed by atoms with van der Waals surface area (Å²) >= 11 is 0. The molecule has 1 unspecified atom stereocenters. The largest absolute Gasteiger partial charge is 0.393 e. The zero-order chi connectivity index (χ0) is 10.6. The molecule has 0 aromatic rings. The Morgan fingerprint density at radius 2 is 2.00 bits per heavy atom. The minimum absolute atomic E-state index is 0.0372. The summed E-state index contributed by atoms with van der Waals surface area (Å²) in [5.74, 6) is -0.920. The zero-order valence-electron chi connectivity index (χ0n) is 6.91. The lowest BCUT2D eigenvalue weighted by atomic mass is 10.3. The highest BCUT2D eigenvalue weighted by Gasteiger charge is 2.32. The van der Waals surface area contributed by atoms with E-state index in [1.165, 1.54) is 12.2 Å². The smallest absolute Gasteiger partial charge is 0.322 e. The Bertz CT molecular complexity index is 211. The molecule has 0 aliphatic heterocycles. The van der Waals surface area contributed by atoms with Crippen LogP contribution in [0.3, 0.4) is 0 Å². The van der Waals surface area contributed by atoms with Crippen LogP contribution in [0.4, 0.5) is 17.6 Å². The second-order valence-corrected chi connectivity index (χ2v) is 2.54. The summed E-state index contributed by atoms with van der Waals surface area (Å²) in [4.78, 5) is 10.6. The number of amides is 1. The predicted molar refractivity (Wildman–Crippen MR) is 38.5 cm³/mol. The Morgan fingerprint density at radius 1 is 1.54 bits per heavy atom. The summed E-state index contributed by atoms with van der Waals surface area (Å²) < 4.78 is 47.0. The van der Waals surface area contributed by atoms with Gasteiger partial charge in [0.05, 0.1) is 6.42 Å². The van der Waals surface area contributed by atoms with E-state index >= 15 is 0 Å². The van der Waals surface area contributed by atoms with Crippen LogP contribution in [-0.4, -0.2) is 18.4 Å². The summed E-state index contributed by atoms with van der Waals surface area (Å²) in [5, 5.41) is 1.51. The molecule has 6 heteroatoms. The van der Waals surface area contributed by atoms with E-state index < -0.39 is 24.8 Å². The molecule has 0 heterocycles. The van der Waals surface area contributed by atoms with E-state index in [9.17, 15) is 22.4 Å². The second kappa shape index (κ2) is 4.25. The van der Waals surface area contributed by atoms with Gasteiger partial charge in [0.25, 0.3) is 0 Å². The molecule has 0 aromatic carbocycles. The van der Waals surface area contributed by atoms with Gasteiger partial charge in [-0.15, -0.1) is 0 Å². The fourth-order valence-corrected chi connectivity index (χ4v) is 0.520. The molecular formula is C7H9F4NO. The molecule has 13 heavy (non-hydrogen) atoms. The Kier molecular flexibility index (Phi) is 3.90. The van der Waals surface area contributed by atoms with Crippen LogP contribution < -0.4 is 5.32 Å². The lowest BCUT2D eigenvalue weighted by Crippen LogP contribution is -2.35. The van der Waals surface area contributed by atoms with Crippen molar-refractivity contribution in [3.05, 3.63) is 12.2 Å². The van der Waals surface area contributed by atoms with Crippen LogP contribution in [0.1, 0.15) is 13.3 Å². The fourth-order valence-electron chi connectivity index (χ4n) is 0.520. The number of hydrogen-bond acceptors (Lipinski definition) is 1. The number of carbonyl (C=O) groups excluding carboxylic acids is 1. The maximum absolute atomic E-state index is 12.4. The highest BCUT2D eigenvalue weighted by molar-refractivity contribution is 5.92. The molecule has 0 rings (SSSR count). The van der Waals surface area contributed by atoms with Crippen LogP contribution >= 0.6 is 0 Å². The molecule has 76 valence electrons. The summed E-state index contributed by atoms with van der Waals surface area (Å²) in [5.41, 5.74) is -0.0372. The van der Waals surface area contributed by atoms with Gasteiger partial charge in [0.2, 0.25) is 5.91 Å². The zero-order valence-corrected chi connectivity index (χ0v) is 6.91. The van der Waals surface area contributed by atoms with Crippen LogP contribution in [-0.2, 0) is 4.79 Å². The molecule has 0 saturated carbocycles. The fraction of sp³-hybridized carbons (Fsp3) is 0.571. The third-order valence-corrected chi connectivity index (χ3v) is 1.09. The maximum Gasteiger partial charge on any atom is 0.393 e. The Balaban J connectivity index is 3.95. The quantitative estimate of drug-likeness (QED) is 0.420. The molecule has 0 aliphatic rings. The summed E-state index contributed by atoms with van der Waals surface area (Å²) in [6, 6.07) is 0. The first-order valence-corrected chi connectivity index (χ1v) is 3.39. The van der Waals surface area contributed by atoms with Gasteiger partial charge in [-0.1, -0.05) is 6.58 Å². The van der Waals surface area contributed by atoms with Crippen molar-refractivity contribution in [2.75, 3.05) is 0 Å².